The van der Waals surface area contributed by atoms with Gasteiger partial charge in [0.15, 0.2) is 0 Å². The molecule has 0 N–H and O–H groups in total. The van der Waals surface area contributed by atoms with Crippen LogP contribution >= 0.6 is 0 Å². The maximum atomic E-state index is 11.5. The van der Waals surface area contributed by atoms with Crippen LogP contribution in [0.15, 0.2) is 30.3 Å². The molecule has 1 saturated heterocycles. The molecule has 2 atom stereocenters. The van der Waals surface area contributed by atoms with Crippen LogP contribution in [0.5, 0.6) is 0 Å². The summed E-state index contributed by atoms with van der Waals surface area (Å²) >= 11 is 0. The van der Waals surface area contributed by atoms with Crippen molar-refractivity contribution in [3.05, 3.63) is 35.9 Å². The van der Waals surface area contributed by atoms with E-state index in [9.17, 15) is 4.79 Å². The molecule has 0 radical (unpaired) electrons. The Morgan fingerprint density at radius 1 is 1.42 bits per heavy atom. The van der Waals surface area contributed by atoms with Gasteiger partial charge in [0.25, 0.3) is 0 Å². The molecule has 3 nitrogen and oxygen atoms in total. The highest BCUT2D eigenvalue weighted by molar-refractivity contribution is 5.69. The van der Waals surface area contributed by atoms with E-state index in [0.717, 1.165) is 19.5 Å². The highest BCUT2D eigenvalue weighted by Gasteiger charge is 2.28. The monoisotopic (exact) mass is 261 g/mol. The Hall–Kier alpha value is -1.35. The van der Waals surface area contributed by atoms with E-state index in [0.29, 0.717) is 25.0 Å². The van der Waals surface area contributed by atoms with Gasteiger partial charge >= 0.3 is 5.97 Å². The van der Waals surface area contributed by atoms with E-state index in [1.807, 2.05) is 13.0 Å². The molecule has 3 heteroatoms. The molecule has 0 spiro atoms. The molecule has 0 amide bonds. The molecule has 0 aromatic heterocycles. The van der Waals surface area contributed by atoms with Gasteiger partial charge in [-0.1, -0.05) is 30.3 Å². The zero-order chi connectivity index (χ0) is 13.7. The molecule has 2 rings (SSSR count). The van der Waals surface area contributed by atoms with E-state index in [1.165, 1.54) is 5.56 Å². The van der Waals surface area contributed by atoms with Crippen molar-refractivity contribution in [1.82, 2.24) is 4.90 Å². The topological polar surface area (TPSA) is 29.5 Å². The summed E-state index contributed by atoms with van der Waals surface area (Å²) in [7, 11) is 0. The third-order valence-electron chi connectivity index (χ3n) is 3.91. The van der Waals surface area contributed by atoms with Gasteiger partial charge in [0.2, 0.25) is 0 Å². The van der Waals surface area contributed by atoms with Crippen molar-refractivity contribution in [3.8, 4) is 0 Å². The summed E-state index contributed by atoms with van der Waals surface area (Å²) in [6, 6.07) is 11.0. The molecule has 0 bridgehead atoms. The lowest BCUT2D eigenvalue weighted by Gasteiger charge is -2.24. The highest BCUT2D eigenvalue weighted by atomic mass is 16.5. The Morgan fingerprint density at radius 2 is 2.16 bits per heavy atom. The Labute approximate surface area is 115 Å². The van der Waals surface area contributed by atoms with Gasteiger partial charge in [-0.3, -0.25) is 9.69 Å². The van der Waals surface area contributed by atoms with Crippen LogP contribution in [0.4, 0.5) is 0 Å². The zero-order valence-corrected chi connectivity index (χ0v) is 11.8. The number of esters is 1. The van der Waals surface area contributed by atoms with Crippen molar-refractivity contribution < 1.29 is 9.53 Å². The fourth-order valence-corrected chi connectivity index (χ4v) is 2.78. The number of hydrogen-bond donors (Lipinski definition) is 0. The Balaban J connectivity index is 1.86. The van der Waals surface area contributed by atoms with Crippen molar-refractivity contribution in [2.45, 2.75) is 32.7 Å². The van der Waals surface area contributed by atoms with Gasteiger partial charge in [0.05, 0.1) is 6.61 Å². The molecule has 0 saturated carbocycles. The second-order valence-electron chi connectivity index (χ2n) is 5.25. The van der Waals surface area contributed by atoms with Crippen LogP contribution in [0.3, 0.4) is 0 Å². The molecular weight excluding hydrogens is 238 g/mol. The normalized spacial score (nSPS) is 21.3. The van der Waals surface area contributed by atoms with Crippen LogP contribution in [0.1, 0.15) is 38.3 Å². The van der Waals surface area contributed by atoms with Crippen LogP contribution in [0.2, 0.25) is 0 Å². The average Bonchev–Trinajstić information content (AvgIpc) is 2.87. The molecular formula is C16H23NO2. The molecule has 0 unspecified atom stereocenters. The molecule has 1 aliphatic rings. The maximum Gasteiger partial charge on any atom is 0.306 e. The number of ether oxygens (including phenoxy) is 1. The van der Waals surface area contributed by atoms with E-state index < -0.39 is 0 Å². The van der Waals surface area contributed by atoms with Crippen molar-refractivity contribution in [1.29, 1.82) is 0 Å². The minimum absolute atomic E-state index is 0.0540. The first-order valence-corrected chi connectivity index (χ1v) is 7.15. The number of rotatable bonds is 5. The van der Waals surface area contributed by atoms with Crippen LogP contribution in [0, 0.1) is 5.92 Å². The lowest BCUT2D eigenvalue weighted by molar-refractivity contribution is -0.144. The molecule has 1 aromatic carbocycles. The first kappa shape index (κ1) is 14.1. The Kier molecular flexibility index (Phi) is 4.97. The van der Waals surface area contributed by atoms with Crippen molar-refractivity contribution in [2.24, 2.45) is 5.92 Å². The summed E-state index contributed by atoms with van der Waals surface area (Å²) < 4.78 is 5.03. The van der Waals surface area contributed by atoms with Crippen molar-refractivity contribution in [2.75, 3.05) is 19.7 Å². The predicted octanol–water partition coefficient (Wildman–Crippen LogP) is 3.02. The van der Waals surface area contributed by atoms with E-state index in [-0.39, 0.29) is 5.97 Å². The fraction of sp³-hybridized carbons (Fsp3) is 0.562. The van der Waals surface area contributed by atoms with Gasteiger partial charge in [-0.25, -0.2) is 0 Å². The minimum Gasteiger partial charge on any atom is -0.466 e. The number of carbonyl (C=O) groups excluding carboxylic acids is 1. The Morgan fingerprint density at radius 3 is 2.84 bits per heavy atom. The summed E-state index contributed by atoms with van der Waals surface area (Å²) in [5, 5.41) is 0. The molecule has 1 fully saturated rings. The van der Waals surface area contributed by atoms with E-state index in [4.69, 9.17) is 4.74 Å². The van der Waals surface area contributed by atoms with Gasteiger partial charge in [-0.15, -0.1) is 0 Å². The smallest absolute Gasteiger partial charge is 0.306 e. The highest BCUT2D eigenvalue weighted by Crippen LogP contribution is 2.28. The maximum absolute atomic E-state index is 11.5. The zero-order valence-electron chi connectivity index (χ0n) is 11.8. The summed E-state index contributed by atoms with van der Waals surface area (Å²) in [5.74, 6) is 0.395. The minimum atomic E-state index is -0.0540. The molecule has 1 aromatic rings. The van der Waals surface area contributed by atoms with E-state index in [2.05, 4.69) is 36.1 Å². The number of nitrogens with zero attached hydrogens (tertiary/aromatic N) is 1. The largest absolute Gasteiger partial charge is 0.466 e. The molecule has 0 aliphatic carbocycles. The van der Waals surface area contributed by atoms with Gasteiger partial charge in [-0.05, 0) is 38.3 Å². The van der Waals surface area contributed by atoms with Crippen LogP contribution in [0.25, 0.3) is 0 Å². The van der Waals surface area contributed by atoms with Crippen LogP contribution < -0.4 is 0 Å². The quantitative estimate of drug-likeness (QED) is 0.763. The number of benzene rings is 1. The molecule has 104 valence electrons. The van der Waals surface area contributed by atoms with Crippen LogP contribution in [-0.2, 0) is 9.53 Å². The van der Waals surface area contributed by atoms with Crippen molar-refractivity contribution in [3.63, 3.8) is 0 Å². The average molecular weight is 261 g/mol. The van der Waals surface area contributed by atoms with Gasteiger partial charge in [0.1, 0.15) is 0 Å². The Bertz CT molecular complexity index is 404. The first-order chi connectivity index (χ1) is 9.20. The second-order valence-corrected chi connectivity index (χ2v) is 5.25. The number of likely N-dealkylation sites (tertiary alicyclic amines) is 1. The predicted molar refractivity (Wildman–Crippen MR) is 75.8 cm³/mol. The van der Waals surface area contributed by atoms with Gasteiger partial charge in [0, 0.05) is 19.0 Å². The summed E-state index contributed by atoms with van der Waals surface area (Å²) in [4.78, 5) is 14.0. The fourth-order valence-electron chi connectivity index (χ4n) is 2.78. The lowest BCUT2D eigenvalue weighted by atomic mass is 10.0. The molecule has 1 aliphatic heterocycles. The third-order valence-corrected chi connectivity index (χ3v) is 3.91. The van der Waals surface area contributed by atoms with Crippen LogP contribution in [-0.4, -0.2) is 30.6 Å². The van der Waals surface area contributed by atoms with E-state index >= 15 is 0 Å². The van der Waals surface area contributed by atoms with Gasteiger partial charge < -0.3 is 4.74 Å². The summed E-state index contributed by atoms with van der Waals surface area (Å²) in [6.45, 7) is 6.64. The third kappa shape index (κ3) is 3.80. The lowest BCUT2D eigenvalue weighted by Crippen LogP contribution is -2.25. The van der Waals surface area contributed by atoms with Crippen molar-refractivity contribution >= 4 is 5.97 Å². The number of carbonyl (C=O) groups is 1. The second kappa shape index (κ2) is 6.71. The van der Waals surface area contributed by atoms with E-state index in [1.54, 1.807) is 0 Å². The molecule has 19 heavy (non-hydrogen) atoms. The number of hydrogen-bond acceptors (Lipinski definition) is 3. The molecule has 1 heterocycles. The van der Waals surface area contributed by atoms with Gasteiger partial charge in [-0.2, -0.15) is 0 Å². The standard InChI is InChI=1S/C16H23NO2/c1-3-19-16(18)11-14-9-10-17(12-14)13(2)15-7-5-4-6-8-15/h4-8,13-14H,3,9-12H2,1-2H3/t13-,14+/m1/s1. The first-order valence-electron chi connectivity index (χ1n) is 7.15. The SMILES string of the molecule is CCOC(=O)C[C@@H]1CCN([C@H](C)c2ccccc2)C1. The summed E-state index contributed by atoms with van der Waals surface area (Å²) in [5.41, 5.74) is 1.35. The summed E-state index contributed by atoms with van der Waals surface area (Å²) in [6.07, 6.45) is 1.65.